The predicted octanol–water partition coefficient (Wildman–Crippen LogP) is 2.67. The summed E-state index contributed by atoms with van der Waals surface area (Å²) in [7, 11) is 0. The van der Waals surface area contributed by atoms with Gasteiger partial charge >= 0.3 is 0 Å². The Hall–Kier alpha value is -0.830. The van der Waals surface area contributed by atoms with Crippen LogP contribution in [0.25, 0.3) is 0 Å². The summed E-state index contributed by atoms with van der Waals surface area (Å²) in [6.45, 7) is 12.1. The van der Waals surface area contributed by atoms with Crippen molar-refractivity contribution in [3.63, 3.8) is 0 Å². The van der Waals surface area contributed by atoms with Crippen LogP contribution in [-0.4, -0.2) is 16.1 Å². The van der Waals surface area contributed by atoms with Crippen molar-refractivity contribution in [1.82, 2.24) is 14.9 Å². The van der Waals surface area contributed by atoms with Gasteiger partial charge in [-0.25, -0.2) is 4.98 Å². The molecule has 16 heavy (non-hydrogen) atoms. The molecule has 0 saturated carbocycles. The van der Waals surface area contributed by atoms with Crippen molar-refractivity contribution in [3.05, 3.63) is 18.2 Å². The van der Waals surface area contributed by atoms with Crippen LogP contribution in [0.2, 0.25) is 0 Å². The molecule has 1 unspecified atom stereocenters. The standard InChI is InChI=1S/C13H25N3/c1-5-6-16-10-15-9-13(16)8-14-7-12(4)11(2)3/h9-12,14H,5-8H2,1-4H3. The lowest BCUT2D eigenvalue weighted by molar-refractivity contribution is 0.390. The van der Waals surface area contributed by atoms with Gasteiger partial charge < -0.3 is 9.88 Å². The Morgan fingerprint density at radius 1 is 1.38 bits per heavy atom. The molecule has 0 spiro atoms. The van der Waals surface area contributed by atoms with Crippen molar-refractivity contribution in [3.8, 4) is 0 Å². The molecule has 0 aliphatic rings. The number of hydrogen-bond acceptors (Lipinski definition) is 2. The van der Waals surface area contributed by atoms with Crippen LogP contribution in [0.15, 0.2) is 12.5 Å². The van der Waals surface area contributed by atoms with E-state index in [9.17, 15) is 0 Å². The molecule has 0 fully saturated rings. The number of nitrogens with one attached hydrogen (secondary N) is 1. The first kappa shape index (κ1) is 13.2. The van der Waals surface area contributed by atoms with E-state index in [1.165, 1.54) is 5.69 Å². The molecule has 3 heteroatoms. The molecule has 0 saturated heterocycles. The minimum Gasteiger partial charge on any atom is -0.333 e. The fourth-order valence-electron chi connectivity index (χ4n) is 1.60. The second kappa shape index (κ2) is 6.69. The van der Waals surface area contributed by atoms with Gasteiger partial charge in [0.2, 0.25) is 0 Å². The first-order valence-corrected chi connectivity index (χ1v) is 6.34. The molecule has 92 valence electrons. The van der Waals surface area contributed by atoms with Crippen molar-refractivity contribution >= 4 is 0 Å². The van der Waals surface area contributed by atoms with E-state index in [-0.39, 0.29) is 0 Å². The Bertz CT molecular complexity index is 291. The summed E-state index contributed by atoms with van der Waals surface area (Å²) < 4.78 is 2.23. The summed E-state index contributed by atoms with van der Waals surface area (Å²) in [4.78, 5) is 4.20. The summed E-state index contributed by atoms with van der Waals surface area (Å²) in [6.07, 6.45) is 5.04. The normalized spacial score (nSPS) is 13.3. The minimum atomic E-state index is 0.725. The lowest BCUT2D eigenvalue weighted by Gasteiger charge is -2.16. The van der Waals surface area contributed by atoms with Crippen LogP contribution in [-0.2, 0) is 13.1 Å². The molecule has 0 aromatic carbocycles. The molecule has 0 aliphatic heterocycles. The average molecular weight is 223 g/mol. The molecule has 1 atom stereocenters. The van der Waals surface area contributed by atoms with Gasteiger partial charge in [0.15, 0.2) is 0 Å². The molecule has 1 aromatic rings. The number of rotatable bonds is 7. The average Bonchev–Trinajstić information content (AvgIpc) is 2.66. The summed E-state index contributed by atoms with van der Waals surface area (Å²) in [6, 6.07) is 0. The number of imidazole rings is 1. The van der Waals surface area contributed by atoms with Crippen LogP contribution in [0.4, 0.5) is 0 Å². The number of aryl methyl sites for hydroxylation is 1. The van der Waals surface area contributed by atoms with Gasteiger partial charge in [-0.3, -0.25) is 0 Å². The highest BCUT2D eigenvalue weighted by molar-refractivity contribution is 4.97. The largest absolute Gasteiger partial charge is 0.333 e. The van der Waals surface area contributed by atoms with Crippen molar-refractivity contribution in [2.75, 3.05) is 6.54 Å². The van der Waals surface area contributed by atoms with E-state index in [2.05, 4.69) is 42.6 Å². The second-order valence-corrected chi connectivity index (χ2v) is 4.93. The van der Waals surface area contributed by atoms with E-state index in [0.717, 1.165) is 37.9 Å². The molecule has 0 radical (unpaired) electrons. The van der Waals surface area contributed by atoms with Crippen LogP contribution in [0, 0.1) is 11.8 Å². The van der Waals surface area contributed by atoms with Gasteiger partial charge in [0.1, 0.15) is 0 Å². The van der Waals surface area contributed by atoms with Crippen molar-refractivity contribution in [2.45, 2.75) is 47.2 Å². The lowest BCUT2D eigenvalue weighted by Crippen LogP contribution is -2.24. The molecular weight excluding hydrogens is 198 g/mol. The third kappa shape index (κ3) is 3.97. The molecule has 3 nitrogen and oxygen atoms in total. The van der Waals surface area contributed by atoms with E-state index < -0.39 is 0 Å². The Morgan fingerprint density at radius 3 is 2.75 bits per heavy atom. The van der Waals surface area contributed by atoms with Crippen LogP contribution in [0.1, 0.15) is 39.8 Å². The zero-order valence-corrected chi connectivity index (χ0v) is 11.0. The van der Waals surface area contributed by atoms with Gasteiger partial charge in [-0.2, -0.15) is 0 Å². The highest BCUT2D eigenvalue weighted by atomic mass is 15.1. The zero-order valence-electron chi connectivity index (χ0n) is 11.0. The SMILES string of the molecule is CCCn1cncc1CNCC(C)C(C)C. The van der Waals surface area contributed by atoms with Crippen molar-refractivity contribution in [2.24, 2.45) is 11.8 Å². The van der Waals surface area contributed by atoms with E-state index in [0.29, 0.717) is 0 Å². The van der Waals surface area contributed by atoms with Gasteiger partial charge in [-0.15, -0.1) is 0 Å². The molecule has 1 N–H and O–H groups in total. The smallest absolute Gasteiger partial charge is 0.0948 e. The first-order valence-electron chi connectivity index (χ1n) is 6.34. The van der Waals surface area contributed by atoms with Gasteiger partial charge in [0.25, 0.3) is 0 Å². The topological polar surface area (TPSA) is 29.9 Å². The molecule has 0 aliphatic carbocycles. The molecule has 1 heterocycles. The Labute approximate surface area is 99.3 Å². The Morgan fingerprint density at radius 2 is 2.12 bits per heavy atom. The van der Waals surface area contributed by atoms with E-state index in [1.54, 1.807) is 0 Å². The quantitative estimate of drug-likeness (QED) is 0.770. The monoisotopic (exact) mass is 223 g/mol. The fourth-order valence-corrected chi connectivity index (χ4v) is 1.60. The maximum absolute atomic E-state index is 4.20. The summed E-state index contributed by atoms with van der Waals surface area (Å²) in [5, 5.41) is 3.51. The molecular formula is C13H25N3. The van der Waals surface area contributed by atoms with Gasteiger partial charge in [-0.1, -0.05) is 27.7 Å². The number of nitrogens with zero attached hydrogens (tertiary/aromatic N) is 2. The van der Waals surface area contributed by atoms with E-state index in [4.69, 9.17) is 0 Å². The predicted molar refractivity (Wildman–Crippen MR) is 68.2 cm³/mol. The molecule has 1 aromatic heterocycles. The Kier molecular flexibility index (Phi) is 5.53. The maximum Gasteiger partial charge on any atom is 0.0948 e. The van der Waals surface area contributed by atoms with Gasteiger partial charge in [0.05, 0.1) is 12.0 Å². The molecule has 1 rings (SSSR count). The second-order valence-electron chi connectivity index (χ2n) is 4.93. The number of hydrogen-bond donors (Lipinski definition) is 1. The third-order valence-electron chi connectivity index (χ3n) is 3.17. The van der Waals surface area contributed by atoms with Gasteiger partial charge in [-0.05, 0) is 24.8 Å². The van der Waals surface area contributed by atoms with E-state index >= 15 is 0 Å². The highest BCUT2D eigenvalue weighted by Gasteiger charge is 2.07. The third-order valence-corrected chi connectivity index (χ3v) is 3.17. The van der Waals surface area contributed by atoms with Crippen LogP contribution in [0.3, 0.4) is 0 Å². The summed E-state index contributed by atoms with van der Waals surface area (Å²) >= 11 is 0. The highest BCUT2D eigenvalue weighted by Crippen LogP contribution is 2.08. The first-order chi connectivity index (χ1) is 7.65. The Balaban J connectivity index is 2.34. The van der Waals surface area contributed by atoms with Crippen LogP contribution in [0.5, 0.6) is 0 Å². The zero-order chi connectivity index (χ0) is 12.0. The lowest BCUT2D eigenvalue weighted by atomic mass is 9.98. The summed E-state index contributed by atoms with van der Waals surface area (Å²) in [5.74, 6) is 1.47. The fraction of sp³-hybridized carbons (Fsp3) is 0.769. The van der Waals surface area contributed by atoms with Crippen LogP contribution >= 0.6 is 0 Å². The molecule has 0 bridgehead atoms. The van der Waals surface area contributed by atoms with Crippen molar-refractivity contribution in [1.29, 1.82) is 0 Å². The number of aromatic nitrogens is 2. The maximum atomic E-state index is 4.20. The van der Waals surface area contributed by atoms with Gasteiger partial charge in [0, 0.05) is 19.3 Å². The van der Waals surface area contributed by atoms with Crippen LogP contribution < -0.4 is 5.32 Å². The minimum absolute atomic E-state index is 0.725. The van der Waals surface area contributed by atoms with E-state index in [1.807, 2.05) is 12.5 Å². The van der Waals surface area contributed by atoms with Crippen molar-refractivity contribution < 1.29 is 0 Å². The summed E-state index contributed by atoms with van der Waals surface area (Å²) in [5.41, 5.74) is 1.29. The molecule has 0 amide bonds.